The number of pyridine rings is 1. The first-order valence-corrected chi connectivity index (χ1v) is 9.34. The van der Waals surface area contributed by atoms with E-state index >= 15 is 0 Å². The van der Waals surface area contributed by atoms with Crippen molar-refractivity contribution < 1.29 is 23.1 Å². The van der Waals surface area contributed by atoms with Gasteiger partial charge in [0.05, 0.1) is 18.1 Å². The van der Waals surface area contributed by atoms with Crippen LogP contribution in [0.3, 0.4) is 0 Å². The van der Waals surface area contributed by atoms with Crippen molar-refractivity contribution in [3.05, 3.63) is 49.1 Å². The van der Waals surface area contributed by atoms with E-state index in [2.05, 4.69) is 20.0 Å². The topological polar surface area (TPSA) is 123 Å². The maximum atomic E-state index is 10.6. The molecule has 0 aliphatic carbocycles. The van der Waals surface area contributed by atoms with E-state index in [4.69, 9.17) is 20.6 Å². The number of aliphatic carboxylic acids is 1. The van der Waals surface area contributed by atoms with E-state index in [0.717, 1.165) is 43.1 Å². The number of hydrogen-bond donors (Lipinski definition) is 2. The molecule has 1 fully saturated rings. The van der Waals surface area contributed by atoms with Crippen LogP contribution in [0, 0.1) is 0 Å². The Labute approximate surface area is 175 Å². The smallest absolute Gasteiger partial charge is 0.475 e. The van der Waals surface area contributed by atoms with E-state index < -0.39 is 12.1 Å². The van der Waals surface area contributed by atoms with Crippen LogP contribution in [0.15, 0.2) is 49.1 Å². The third-order valence-electron chi connectivity index (χ3n) is 4.51. The van der Waals surface area contributed by atoms with Crippen LogP contribution in [0.5, 0.6) is 0 Å². The fraction of sp³-hybridized carbons (Fsp3) is 0.316. The van der Waals surface area contributed by atoms with Gasteiger partial charge in [0.2, 0.25) is 0 Å². The number of nitrogens with zero attached hydrogens (tertiary/aromatic N) is 6. The Balaban J connectivity index is 0.000000339. The number of hydrogen-bond acceptors (Lipinski definition) is 7. The average molecular weight is 435 g/mol. The van der Waals surface area contributed by atoms with Crippen molar-refractivity contribution in [2.24, 2.45) is 5.73 Å². The zero-order valence-electron chi connectivity index (χ0n) is 16.3. The number of piperidine rings is 1. The molecule has 0 radical (unpaired) electrons. The van der Waals surface area contributed by atoms with Crippen molar-refractivity contribution in [1.29, 1.82) is 0 Å². The summed E-state index contributed by atoms with van der Waals surface area (Å²) < 4.78 is 33.5. The summed E-state index contributed by atoms with van der Waals surface area (Å²) in [6.07, 6.45) is 3.96. The lowest BCUT2D eigenvalue weighted by atomic mass is 10.1. The quantitative estimate of drug-likeness (QED) is 0.642. The van der Waals surface area contributed by atoms with E-state index in [1.54, 1.807) is 29.5 Å². The van der Waals surface area contributed by atoms with Crippen molar-refractivity contribution >= 4 is 11.8 Å². The Morgan fingerprint density at radius 2 is 1.84 bits per heavy atom. The van der Waals surface area contributed by atoms with Gasteiger partial charge in [0, 0.05) is 31.5 Å². The van der Waals surface area contributed by atoms with Gasteiger partial charge in [-0.2, -0.15) is 18.3 Å². The zero-order valence-corrected chi connectivity index (χ0v) is 16.3. The van der Waals surface area contributed by atoms with Gasteiger partial charge in [-0.05, 0) is 37.1 Å². The number of carboxylic acids is 1. The summed E-state index contributed by atoms with van der Waals surface area (Å²) in [5, 5.41) is 11.5. The van der Waals surface area contributed by atoms with E-state index in [1.165, 1.54) is 0 Å². The van der Waals surface area contributed by atoms with Gasteiger partial charge >= 0.3 is 12.1 Å². The molecule has 1 aliphatic rings. The molecule has 0 unspecified atom stereocenters. The Morgan fingerprint density at radius 1 is 1.13 bits per heavy atom. The Bertz CT molecular complexity index is 1000. The van der Waals surface area contributed by atoms with Crippen molar-refractivity contribution in [2.75, 3.05) is 18.0 Å². The number of nitrogens with two attached hydrogens (primary N) is 1. The first-order valence-electron chi connectivity index (χ1n) is 9.34. The fourth-order valence-electron chi connectivity index (χ4n) is 2.93. The number of aromatic nitrogens is 5. The third-order valence-corrected chi connectivity index (χ3v) is 4.51. The van der Waals surface area contributed by atoms with Crippen LogP contribution in [-0.2, 0) is 4.79 Å². The predicted molar refractivity (Wildman–Crippen MR) is 105 cm³/mol. The van der Waals surface area contributed by atoms with Crippen LogP contribution in [-0.4, -0.2) is 61.1 Å². The van der Waals surface area contributed by atoms with Crippen molar-refractivity contribution in [2.45, 2.75) is 25.1 Å². The summed E-state index contributed by atoms with van der Waals surface area (Å²) in [4.78, 5) is 24.5. The minimum Gasteiger partial charge on any atom is -0.475 e. The van der Waals surface area contributed by atoms with Crippen LogP contribution in [0.4, 0.5) is 19.0 Å². The van der Waals surface area contributed by atoms with E-state index in [1.807, 2.05) is 24.3 Å². The Morgan fingerprint density at radius 3 is 2.45 bits per heavy atom. The molecule has 0 saturated carbocycles. The largest absolute Gasteiger partial charge is 0.490 e. The minimum absolute atomic E-state index is 0.301. The second-order valence-electron chi connectivity index (χ2n) is 6.71. The van der Waals surface area contributed by atoms with Gasteiger partial charge < -0.3 is 15.7 Å². The highest BCUT2D eigenvalue weighted by Crippen LogP contribution is 2.22. The van der Waals surface area contributed by atoms with Crippen LogP contribution in [0.2, 0.25) is 0 Å². The molecule has 4 rings (SSSR count). The summed E-state index contributed by atoms with van der Waals surface area (Å²) in [7, 11) is 0. The lowest BCUT2D eigenvalue weighted by molar-refractivity contribution is -0.192. The molecule has 0 bridgehead atoms. The minimum atomic E-state index is -5.08. The number of alkyl halides is 3. The number of carbonyl (C=O) groups is 1. The summed E-state index contributed by atoms with van der Waals surface area (Å²) in [5.74, 6) is -1.16. The van der Waals surface area contributed by atoms with Crippen molar-refractivity contribution in [1.82, 2.24) is 24.7 Å². The maximum absolute atomic E-state index is 10.6. The second kappa shape index (κ2) is 9.51. The highest BCUT2D eigenvalue weighted by molar-refractivity contribution is 5.73. The molecule has 12 heteroatoms. The molecule has 3 aromatic heterocycles. The van der Waals surface area contributed by atoms with Gasteiger partial charge in [0.15, 0.2) is 5.82 Å². The Hall–Kier alpha value is -3.54. The van der Waals surface area contributed by atoms with Gasteiger partial charge in [-0.25, -0.2) is 19.4 Å². The molecule has 1 saturated heterocycles. The Kier molecular flexibility index (Phi) is 6.80. The summed E-state index contributed by atoms with van der Waals surface area (Å²) in [5.41, 5.74) is 7.72. The lowest BCUT2D eigenvalue weighted by Crippen LogP contribution is -2.40. The molecular formula is C19H20F3N7O2. The highest BCUT2D eigenvalue weighted by atomic mass is 19.4. The molecule has 0 spiro atoms. The SMILES string of the molecule is NC1CCN(c2ccnc(-c3ccnn3-c3cccnc3)n2)CC1.O=C(O)C(F)(F)F. The number of carboxylic acid groups (broad SMARTS) is 1. The van der Waals surface area contributed by atoms with E-state index in [0.29, 0.717) is 11.9 Å². The van der Waals surface area contributed by atoms with Crippen LogP contribution in [0.1, 0.15) is 12.8 Å². The molecule has 0 aromatic carbocycles. The van der Waals surface area contributed by atoms with Gasteiger partial charge in [-0.3, -0.25) is 4.98 Å². The first-order chi connectivity index (χ1) is 14.8. The van der Waals surface area contributed by atoms with Gasteiger partial charge in [0.25, 0.3) is 0 Å². The summed E-state index contributed by atoms with van der Waals surface area (Å²) >= 11 is 0. The number of anilines is 1. The van der Waals surface area contributed by atoms with Crippen LogP contribution in [0.25, 0.3) is 17.2 Å². The monoisotopic (exact) mass is 435 g/mol. The number of halogens is 3. The molecule has 1 aliphatic heterocycles. The molecule has 164 valence electrons. The predicted octanol–water partition coefficient (Wildman–Crippen LogP) is 2.29. The van der Waals surface area contributed by atoms with E-state index in [9.17, 15) is 13.2 Å². The van der Waals surface area contributed by atoms with Crippen LogP contribution < -0.4 is 10.6 Å². The average Bonchev–Trinajstić information content (AvgIpc) is 3.25. The summed E-state index contributed by atoms with van der Waals surface area (Å²) in [6, 6.07) is 8.01. The zero-order chi connectivity index (χ0) is 22.4. The molecule has 4 heterocycles. The van der Waals surface area contributed by atoms with E-state index in [-0.39, 0.29) is 0 Å². The van der Waals surface area contributed by atoms with Gasteiger partial charge in [0.1, 0.15) is 11.5 Å². The molecule has 3 N–H and O–H groups in total. The molecule has 0 amide bonds. The first kappa shape index (κ1) is 22.2. The lowest BCUT2D eigenvalue weighted by Gasteiger charge is -2.31. The normalized spacial score (nSPS) is 14.6. The molecule has 31 heavy (non-hydrogen) atoms. The van der Waals surface area contributed by atoms with Gasteiger partial charge in [-0.15, -0.1) is 0 Å². The molecule has 0 atom stereocenters. The fourth-order valence-corrected chi connectivity index (χ4v) is 2.93. The highest BCUT2D eigenvalue weighted by Gasteiger charge is 2.38. The van der Waals surface area contributed by atoms with Crippen LogP contribution >= 0.6 is 0 Å². The molecule has 3 aromatic rings. The standard InChI is InChI=1S/C17H19N7.C2HF3O2/c18-13-5-10-23(11-6-13)16-4-8-20-17(22-16)15-3-9-21-24(15)14-2-1-7-19-12-14;3-2(4,5)1(6)7/h1-4,7-9,12-13H,5-6,10-11,18H2;(H,6,7). The molecular weight excluding hydrogens is 415 g/mol. The summed E-state index contributed by atoms with van der Waals surface area (Å²) in [6.45, 7) is 1.86. The maximum Gasteiger partial charge on any atom is 0.490 e. The number of rotatable bonds is 3. The molecule has 9 nitrogen and oxygen atoms in total. The third kappa shape index (κ3) is 5.75. The second-order valence-corrected chi connectivity index (χ2v) is 6.71. The van der Waals surface area contributed by atoms with Crippen molar-refractivity contribution in [3.8, 4) is 17.2 Å². The van der Waals surface area contributed by atoms with Gasteiger partial charge in [-0.1, -0.05) is 0 Å². The van der Waals surface area contributed by atoms with Crippen molar-refractivity contribution in [3.63, 3.8) is 0 Å².